The van der Waals surface area contributed by atoms with E-state index in [9.17, 15) is 4.79 Å². The van der Waals surface area contributed by atoms with E-state index in [1.54, 1.807) is 0 Å². The van der Waals surface area contributed by atoms with E-state index in [-0.39, 0.29) is 0 Å². The summed E-state index contributed by atoms with van der Waals surface area (Å²) in [6, 6.07) is 0. The lowest BCUT2D eigenvalue weighted by molar-refractivity contribution is -0.118. The third-order valence-corrected chi connectivity index (χ3v) is 0.818. The van der Waals surface area contributed by atoms with Gasteiger partial charge in [0, 0.05) is 19.5 Å². The summed E-state index contributed by atoms with van der Waals surface area (Å²) in [6.07, 6.45) is 2.28. The molecule has 0 aromatic heterocycles. The first kappa shape index (κ1) is 7.81. The lowest BCUT2D eigenvalue weighted by atomic mass is 10.2. The Bertz CT molecular complexity index is 141. The molecule has 0 saturated carbocycles. The van der Waals surface area contributed by atoms with Crippen LogP contribution in [-0.4, -0.2) is 25.4 Å². The second-order valence-electron chi connectivity index (χ2n) is 1.50. The summed E-state index contributed by atoms with van der Waals surface area (Å²) in [6.45, 7) is 0. The normalized spacial score (nSPS) is 13.4. The maximum absolute atomic E-state index is 10.3. The molecule has 1 amide bonds. The molecule has 50 valence electrons. The fraction of sp³-hybridized carbons (Fsp3) is 0.400. The summed E-state index contributed by atoms with van der Waals surface area (Å²) >= 11 is 0. The number of hydrogen-bond donors (Lipinski definition) is 2. The van der Waals surface area contributed by atoms with Crippen molar-refractivity contribution in [3.05, 3.63) is 0 Å². The first-order valence-corrected chi connectivity index (χ1v) is 2.44. The minimum Gasteiger partial charge on any atom is -0.369 e. The predicted molar refractivity (Wildman–Crippen MR) is 35.9 cm³/mol. The minimum atomic E-state index is -0.644. The van der Waals surface area contributed by atoms with Gasteiger partial charge in [-0.25, -0.2) is 0 Å². The standard InChI is InChI=1S/C5H9N3O/c1-8-3-4(2-6)5(7)9/h2-4,6H,1H3,(H2,7,9). The number of nitrogens with one attached hydrogen (secondary N) is 1. The number of hydrogen-bond acceptors (Lipinski definition) is 3. The van der Waals surface area contributed by atoms with Gasteiger partial charge in [0.1, 0.15) is 5.92 Å². The molecule has 0 aliphatic rings. The molecule has 3 N–H and O–H groups in total. The zero-order valence-corrected chi connectivity index (χ0v) is 5.16. The maximum atomic E-state index is 10.3. The molecule has 1 atom stereocenters. The molecule has 0 fully saturated rings. The van der Waals surface area contributed by atoms with E-state index in [4.69, 9.17) is 11.1 Å². The molecule has 0 bridgehead atoms. The smallest absolute Gasteiger partial charge is 0.231 e. The second kappa shape index (κ2) is 3.77. The van der Waals surface area contributed by atoms with E-state index in [0.717, 1.165) is 6.21 Å². The monoisotopic (exact) mass is 127 g/mol. The summed E-state index contributed by atoms with van der Waals surface area (Å²) in [7, 11) is 1.53. The fourth-order valence-electron chi connectivity index (χ4n) is 0.359. The Morgan fingerprint density at radius 2 is 2.44 bits per heavy atom. The molecule has 4 nitrogen and oxygen atoms in total. The van der Waals surface area contributed by atoms with Crippen LogP contribution in [0.1, 0.15) is 0 Å². The third kappa shape index (κ3) is 2.58. The summed E-state index contributed by atoms with van der Waals surface area (Å²) in [5, 5.41) is 6.68. The number of primary amides is 1. The van der Waals surface area contributed by atoms with Crippen molar-refractivity contribution in [3.8, 4) is 0 Å². The van der Waals surface area contributed by atoms with Crippen LogP contribution in [0.2, 0.25) is 0 Å². The number of amides is 1. The van der Waals surface area contributed by atoms with Crippen LogP contribution >= 0.6 is 0 Å². The van der Waals surface area contributed by atoms with Crippen LogP contribution in [-0.2, 0) is 4.79 Å². The van der Waals surface area contributed by atoms with E-state index in [0.29, 0.717) is 0 Å². The molecule has 0 heterocycles. The van der Waals surface area contributed by atoms with E-state index in [2.05, 4.69) is 4.99 Å². The van der Waals surface area contributed by atoms with Gasteiger partial charge in [0.25, 0.3) is 0 Å². The van der Waals surface area contributed by atoms with E-state index >= 15 is 0 Å². The molecular weight excluding hydrogens is 118 g/mol. The van der Waals surface area contributed by atoms with Crippen LogP contribution in [0.4, 0.5) is 0 Å². The molecule has 0 radical (unpaired) electrons. The molecule has 0 aliphatic carbocycles. The molecule has 0 aliphatic heterocycles. The highest BCUT2D eigenvalue weighted by Gasteiger charge is 2.06. The van der Waals surface area contributed by atoms with Gasteiger partial charge in [-0.2, -0.15) is 0 Å². The van der Waals surface area contributed by atoms with E-state index in [1.165, 1.54) is 13.3 Å². The van der Waals surface area contributed by atoms with E-state index < -0.39 is 11.8 Å². The molecule has 9 heavy (non-hydrogen) atoms. The minimum absolute atomic E-state index is 0.546. The molecule has 0 aromatic rings. The number of nitrogens with two attached hydrogens (primary N) is 1. The van der Waals surface area contributed by atoms with Crippen molar-refractivity contribution >= 4 is 18.3 Å². The van der Waals surface area contributed by atoms with Gasteiger partial charge in [-0.05, 0) is 0 Å². The van der Waals surface area contributed by atoms with Crippen molar-refractivity contribution in [2.75, 3.05) is 7.05 Å². The maximum Gasteiger partial charge on any atom is 0.231 e. The first-order valence-electron chi connectivity index (χ1n) is 2.44. The lowest BCUT2D eigenvalue weighted by Gasteiger charge is -1.95. The number of carbonyl (C=O) groups is 1. The number of carbonyl (C=O) groups excluding carboxylic acids is 1. The molecule has 0 rings (SSSR count). The molecular formula is C5H9N3O. The van der Waals surface area contributed by atoms with E-state index in [1.807, 2.05) is 0 Å². The molecule has 0 saturated heterocycles. The number of nitrogens with zero attached hydrogens (tertiary/aromatic N) is 1. The van der Waals surface area contributed by atoms with Crippen LogP contribution in [0.25, 0.3) is 0 Å². The van der Waals surface area contributed by atoms with Gasteiger partial charge in [-0.15, -0.1) is 0 Å². The Labute approximate surface area is 53.3 Å². The first-order chi connectivity index (χ1) is 4.22. The molecule has 1 unspecified atom stereocenters. The van der Waals surface area contributed by atoms with Crippen LogP contribution in [0, 0.1) is 11.3 Å². The van der Waals surface area contributed by atoms with Crippen molar-refractivity contribution in [3.63, 3.8) is 0 Å². The third-order valence-electron chi connectivity index (χ3n) is 0.818. The largest absolute Gasteiger partial charge is 0.369 e. The highest BCUT2D eigenvalue weighted by Crippen LogP contribution is 1.83. The van der Waals surface area contributed by atoms with Gasteiger partial charge < -0.3 is 11.1 Å². The Morgan fingerprint density at radius 1 is 1.89 bits per heavy atom. The van der Waals surface area contributed by atoms with Crippen molar-refractivity contribution < 1.29 is 4.79 Å². The van der Waals surface area contributed by atoms with Crippen LogP contribution in [0.15, 0.2) is 4.99 Å². The molecule has 0 spiro atoms. The summed E-state index contributed by atoms with van der Waals surface area (Å²) in [5.74, 6) is -1.19. The zero-order valence-electron chi connectivity index (χ0n) is 5.16. The molecule has 4 heteroatoms. The van der Waals surface area contributed by atoms with Crippen LogP contribution in [0.5, 0.6) is 0 Å². The van der Waals surface area contributed by atoms with Crippen molar-refractivity contribution in [1.82, 2.24) is 0 Å². The van der Waals surface area contributed by atoms with Gasteiger partial charge in [0.2, 0.25) is 5.91 Å². The zero-order chi connectivity index (χ0) is 7.28. The summed E-state index contributed by atoms with van der Waals surface area (Å²) in [4.78, 5) is 13.9. The van der Waals surface area contributed by atoms with Gasteiger partial charge in [0.05, 0.1) is 0 Å². The van der Waals surface area contributed by atoms with Crippen LogP contribution < -0.4 is 5.73 Å². The highest BCUT2D eigenvalue weighted by molar-refractivity contribution is 6.06. The average Bonchev–Trinajstić information content (AvgIpc) is 1.82. The van der Waals surface area contributed by atoms with Crippen molar-refractivity contribution in [2.24, 2.45) is 16.6 Å². The lowest BCUT2D eigenvalue weighted by Crippen LogP contribution is -2.25. The Kier molecular flexibility index (Phi) is 3.27. The van der Waals surface area contributed by atoms with Crippen molar-refractivity contribution in [1.29, 1.82) is 5.41 Å². The predicted octanol–water partition coefficient (Wildman–Crippen LogP) is -0.562. The highest BCUT2D eigenvalue weighted by atomic mass is 16.1. The Morgan fingerprint density at radius 3 is 2.56 bits per heavy atom. The number of rotatable bonds is 3. The van der Waals surface area contributed by atoms with Gasteiger partial charge >= 0.3 is 0 Å². The summed E-state index contributed by atoms with van der Waals surface area (Å²) < 4.78 is 0. The quantitative estimate of drug-likeness (QED) is 0.489. The average molecular weight is 127 g/mol. The number of aliphatic imine (C=N–C) groups is 1. The van der Waals surface area contributed by atoms with Crippen molar-refractivity contribution in [2.45, 2.75) is 0 Å². The Hall–Kier alpha value is -1.19. The second-order valence-corrected chi connectivity index (χ2v) is 1.50. The summed E-state index contributed by atoms with van der Waals surface area (Å²) in [5.41, 5.74) is 4.85. The fourth-order valence-corrected chi connectivity index (χ4v) is 0.359. The van der Waals surface area contributed by atoms with Gasteiger partial charge in [0.15, 0.2) is 0 Å². The van der Waals surface area contributed by atoms with Crippen LogP contribution in [0.3, 0.4) is 0 Å². The SMILES string of the molecule is CN=CC(C=N)C(N)=O. The van der Waals surface area contributed by atoms with Gasteiger partial charge in [-0.3, -0.25) is 9.79 Å². The van der Waals surface area contributed by atoms with Gasteiger partial charge in [-0.1, -0.05) is 0 Å². The Balaban J connectivity index is 3.98. The topological polar surface area (TPSA) is 79.3 Å². The molecule has 0 aromatic carbocycles.